The number of phenolic OH excluding ortho intramolecular Hbond substituents is 6. The van der Waals surface area contributed by atoms with Crippen LogP contribution in [0.4, 0.5) is 0 Å². The van der Waals surface area contributed by atoms with Gasteiger partial charge in [0.1, 0.15) is 0 Å². The Labute approximate surface area is 141 Å². The van der Waals surface area contributed by atoms with Crippen molar-refractivity contribution in [3.8, 4) is 34.5 Å². The van der Waals surface area contributed by atoms with Crippen LogP contribution in [0.25, 0.3) is 0 Å². The summed E-state index contributed by atoms with van der Waals surface area (Å²) in [6, 6.07) is 2.23. The Morgan fingerprint density at radius 1 is 0.640 bits per heavy atom. The molecule has 0 fully saturated rings. The normalized spacial score (nSPS) is 10.6. The Balaban J connectivity index is 2.65. The molecule has 0 saturated carbocycles. The molecule has 25 heavy (non-hydrogen) atoms. The summed E-state index contributed by atoms with van der Waals surface area (Å²) < 4.78 is 0. The lowest BCUT2D eigenvalue weighted by atomic mass is 9.96. The molecule has 0 aliphatic carbocycles. The van der Waals surface area contributed by atoms with Crippen molar-refractivity contribution in [2.24, 2.45) is 0 Å². The highest BCUT2D eigenvalue weighted by Crippen LogP contribution is 2.45. The molecule has 0 atom stereocenters. The van der Waals surface area contributed by atoms with Crippen LogP contribution in [0.3, 0.4) is 0 Å². The summed E-state index contributed by atoms with van der Waals surface area (Å²) in [5.41, 5.74) is -0.593. The van der Waals surface area contributed by atoms with E-state index in [9.17, 15) is 40.2 Å². The number of hydrogen-bond acceptors (Lipinski definition) is 8. The van der Waals surface area contributed by atoms with E-state index in [2.05, 4.69) is 0 Å². The van der Waals surface area contributed by atoms with Crippen LogP contribution in [-0.2, 0) is 6.42 Å². The summed E-state index contributed by atoms with van der Waals surface area (Å²) in [5, 5.41) is 58.8. The van der Waals surface area contributed by atoms with Gasteiger partial charge in [0, 0.05) is 17.5 Å². The summed E-state index contributed by atoms with van der Waals surface area (Å²) in [6.07, 6.45) is -0.306. The summed E-state index contributed by atoms with van der Waals surface area (Å²) in [6.45, 7) is 2.29. The van der Waals surface area contributed by atoms with Crippen molar-refractivity contribution >= 4 is 11.6 Å². The molecule has 0 aliphatic rings. The first-order chi connectivity index (χ1) is 11.6. The van der Waals surface area contributed by atoms with Gasteiger partial charge in [-0.15, -0.1) is 0 Å². The molecule has 0 amide bonds. The van der Waals surface area contributed by atoms with E-state index in [0.717, 1.165) is 26.0 Å². The Morgan fingerprint density at radius 2 is 0.960 bits per heavy atom. The first-order valence-corrected chi connectivity index (χ1v) is 7.11. The number of aromatic hydroxyl groups is 6. The van der Waals surface area contributed by atoms with Gasteiger partial charge in [0.15, 0.2) is 34.6 Å². The summed E-state index contributed by atoms with van der Waals surface area (Å²) in [7, 11) is 0. The van der Waals surface area contributed by atoms with Crippen LogP contribution in [0.15, 0.2) is 12.1 Å². The lowest BCUT2D eigenvalue weighted by molar-refractivity contribution is 0.100. The van der Waals surface area contributed by atoms with Crippen molar-refractivity contribution in [3.05, 3.63) is 34.4 Å². The maximum Gasteiger partial charge on any atom is 0.201 e. The average molecular weight is 348 g/mol. The zero-order chi connectivity index (χ0) is 19.0. The number of Topliss-reactive ketones (excluding diaryl/α,β-unsaturated/α-hetero) is 2. The van der Waals surface area contributed by atoms with Gasteiger partial charge in [-0.05, 0) is 26.0 Å². The zero-order valence-corrected chi connectivity index (χ0v) is 13.4. The SMILES string of the molecule is CC(=O)c1cc(Cc2cc(C(C)=O)c(O)c(O)c2O)c(O)c(O)c1O. The third-order valence-corrected chi connectivity index (χ3v) is 3.79. The van der Waals surface area contributed by atoms with Gasteiger partial charge < -0.3 is 30.6 Å². The fourth-order valence-electron chi connectivity index (χ4n) is 2.42. The molecule has 8 heteroatoms. The molecule has 0 aliphatic heterocycles. The summed E-state index contributed by atoms with van der Waals surface area (Å²) in [5.74, 6) is -5.97. The quantitative estimate of drug-likeness (QED) is 0.361. The van der Waals surface area contributed by atoms with Crippen molar-refractivity contribution in [1.29, 1.82) is 0 Å². The Kier molecular flexibility index (Phi) is 4.47. The summed E-state index contributed by atoms with van der Waals surface area (Å²) in [4.78, 5) is 23.0. The van der Waals surface area contributed by atoms with Crippen LogP contribution in [-0.4, -0.2) is 42.2 Å². The molecule has 0 aromatic heterocycles. The van der Waals surface area contributed by atoms with Crippen LogP contribution >= 0.6 is 0 Å². The Morgan fingerprint density at radius 3 is 1.24 bits per heavy atom. The molecule has 0 unspecified atom stereocenters. The predicted octanol–water partition coefficient (Wildman–Crippen LogP) is 1.92. The lowest BCUT2D eigenvalue weighted by Gasteiger charge is -2.14. The molecular formula is C17H16O8. The van der Waals surface area contributed by atoms with Crippen molar-refractivity contribution in [2.75, 3.05) is 0 Å². The standard InChI is InChI=1S/C17H16O8/c1-6(18)10-4-8(12(20)16(24)14(10)22)3-9-5-11(7(2)19)15(23)17(25)13(9)21/h4-5,20-25H,3H2,1-2H3. The van der Waals surface area contributed by atoms with Crippen molar-refractivity contribution < 1.29 is 40.2 Å². The second kappa shape index (κ2) is 6.23. The number of benzene rings is 2. The highest BCUT2D eigenvalue weighted by atomic mass is 16.3. The van der Waals surface area contributed by atoms with E-state index in [4.69, 9.17) is 0 Å². The van der Waals surface area contributed by atoms with Crippen LogP contribution < -0.4 is 0 Å². The number of carbonyl (C=O) groups excluding carboxylic acids is 2. The topological polar surface area (TPSA) is 156 Å². The summed E-state index contributed by atoms with van der Waals surface area (Å²) >= 11 is 0. The molecule has 2 aromatic rings. The Hall–Kier alpha value is -3.42. The van der Waals surface area contributed by atoms with Crippen LogP contribution in [0, 0.1) is 0 Å². The van der Waals surface area contributed by atoms with E-state index in [0.29, 0.717) is 0 Å². The van der Waals surface area contributed by atoms with Gasteiger partial charge in [0.2, 0.25) is 11.5 Å². The fraction of sp³-hybridized carbons (Fsp3) is 0.176. The highest BCUT2D eigenvalue weighted by molar-refractivity contribution is 5.99. The third kappa shape index (κ3) is 3.01. The number of carbonyl (C=O) groups is 2. The minimum Gasteiger partial charge on any atom is -0.504 e. The van der Waals surface area contributed by atoms with E-state index < -0.39 is 46.1 Å². The van der Waals surface area contributed by atoms with E-state index in [1.165, 1.54) is 0 Å². The molecule has 0 heterocycles. The first-order valence-electron chi connectivity index (χ1n) is 7.11. The molecule has 0 bridgehead atoms. The monoisotopic (exact) mass is 348 g/mol. The second-order valence-electron chi connectivity index (χ2n) is 5.55. The van der Waals surface area contributed by atoms with Crippen molar-refractivity contribution in [3.63, 3.8) is 0 Å². The van der Waals surface area contributed by atoms with Gasteiger partial charge in [0.05, 0.1) is 11.1 Å². The van der Waals surface area contributed by atoms with Crippen LogP contribution in [0.1, 0.15) is 45.7 Å². The number of phenols is 6. The van der Waals surface area contributed by atoms with Crippen LogP contribution in [0.5, 0.6) is 34.5 Å². The largest absolute Gasteiger partial charge is 0.504 e. The average Bonchev–Trinajstić information content (AvgIpc) is 2.54. The zero-order valence-electron chi connectivity index (χ0n) is 13.4. The van der Waals surface area contributed by atoms with Gasteiger partial charge in [-0.1, -0.05) is 0 Å². The number of rotatable bonds is 4. The molecule has 0 saturated heterocycles. The van der Waals surface area contributed by atoms with Gasteiger partial charge in [0.25, 0.3) is 0 Å². The first kappa shape index (κ1) is 17.9. The lowest BCUT2D eigenvalue weighted by Crippen LogP contribution is -2.00. The van der Waals surface area contributed by atoms with Crippen LogP contribution in [0.2, 0.25) is 0 Å². The number of hydrogen-bond donors (Lipinski definition) is 6. The molecule has 0 spiro atoms. The minimum absolute atomic E-state index is 0.0459. The van der Waals surface area contributed by atoms with Gasteiger partial charge in [-0.3, -0.25) is 9.59 Å². The molecule has 132 valence electrons. The van der Waals surface area contributed by atoms with Crippen molar-refractivity contribution in [1.82, 2.24) is 0 Å². The van der Waals surface area contributed by atoms with Gasteiger partial charge in [-0.2, -0.15) is 0 Å². The van der Waals surface area contributed by atoms with E-state index in [1.807, 2.05) is 0 Å². The van der Waals surface area contributed by atoms with E-state index in [1.54, 1.807) is 0 Å². The van der Waals surface area contributed by atoms with Gasteiger partial charge >= 0.3 is 0 Å². The molecule has 0 radical (unpaired) electrons. The second-order valence-corrected chi connectivity index (χ2v) is 5.55. The molecule has 2 rings (SSSR count). The fourth-order valence-corrected chi connectivity index (χ4v) is 2.42. The van der Waals surface area contributed by atoms with E-state index >= 15 is 0 Å². The van der Waals surface area contributed by atoms with Gasteiger partial charge in [-0.25, -0.2) is 0 Å². The number of ketones is 2. The molecular weight excluding hydrogens is 332 g/mol. The Bertz CT molecular complexity index is 825. The smallest absolute Gasteiger partial charge is 0.201 e. The van der Waals surface area contributed by atoms with Crippen molar-refractivity contribution in [2.45, 2.75) is 20.3 Å². The highest BCUT2D eigenvalue weighted by Gasteiger charge is 2.23. The third-order valence-electron chi connectivity index (χ3n) is 3.79. The minimum atomic E-state index is -0.906. The predicted molar refractivity (Wildman–Crippen MR) is 85.7 cm³/mol. The molecule has 8 nitrogen and oxygen atoms in total. The molecule has 2 aromatic carbocycles. The maximum atomic E-state index is 11.5. The maximum absolute atomic E-state index is 11.5. The van der Waals surface area contributed by atoms with E-state index in [-0.39, 0.29) is 28.7 Å². The molecule has 6 N–H and O–H groups in total.